The van der Waals surface area contributed by atoms with E-state index in [4.69, 9.17) is 0 Å². The van der Waals surface area contributed by atoms with E-state index in [0.29, 0.717) is 0 Å². The number of carbonyl (C=O) groups is 2. The minimum absolute atomic E-state index is 0.00152. The van der Waals surface area contributed by atoms with Crippen LogP contribution in [0, 0.1) is 0 Å². The molecule has 110 valence electrons. The molecule has 0 radical (unpaired) electrons. The van der Waals surface area contributed by atoms with Gasteiger partial charge in [0.1, 0.15) is 5.78 Å². The average Bonchev–Trinajstić information content (AvgIpc) is 2.33. The molecule has 3 heteroatoms. The van der Waals surface area contributed by atoms with Crippen LogP contribution in [0.15, 0.2) is 24.3 Å². The van der Waals surface area contributed by atoms with E-state index >= 15 is 0 Å². The van der Waals surface area contributed by atoms with Crippen molar-refractivity contribution in [1.82, 2.24) is 4.90 Å². The van der Waals surface area contributed by atoms with Gasteiger partial charge < -0.3 is 4.90 Å². The van der Waals surface area contributed by atoms with Crippen LogP contribution in [0.4, 0.5) is 0 Å². The van der Waals surface area contributed by atoms with Gasteiger partial charge >= 0.3 is 0 Å². The molecule has 1 atom stereocenters. The highest BCUT2D eigenvalue weighted by Gasteiger charge is 2.20. The molecule has 0 N–H and O–H groups in total. The second-order valence-corrected chi connectivity index (χ2v) is 6.40. The molecule has 1 aromatic rings. The third-order valence-electron chi connectivity index (χ3n) is 3.52. The second-order valence-electron chi connectivity index (χ2n) is 6.40. The number of hydrogen-bond acceptors (Lipinski definition) is 2. The minimum atomic E-state index is -0.0922. The van der Waals surface area contributed by atoms with Gasteiger partial charge in [-0.15, -0.1) is 0 Å². The normalized spacial score (nSPS) is 12.9. The van der Waals surface area contributed by atoms with Gasteiger partial charge in [0, 0.05) is 6.92 Å². The van der Waals surface area contributed by atoms with Crippen molar-refractivity contribution in [2.75, 3.05) is 6.54 Å². The van der Waals surface area contributed by atoms with Crippen LogP contribution < -0.4 is 0 Å². The average molecular weight is 275 g/mol. The van der Waals surface area contributed by atoms with E-state index in [1.165, 1.54) is 19.4 Å². The maximum Gasteiger partial charge on any atom is 0.220 e. The number of nitrogens with zero attached hydrogens (tertiary/aromatic N) is 1. The Balaban J connectivity index is 2.98. The van der Waals surface area contributed by atoms with E-state index in [2.05, 4.69) is 32.9 Å². The van der Waals surface area contributed by atoms with Crippen LogP contribution in [0.2, 0.25) is 0 Å². The molecular formula is C17H25NO2. The zero-order valence-corrected chi connectivity index (χ0v) is 13.4. The molecule has 3 nitrogen and oxygen atoms in total. The van der Waals surface area contributed by atoms with Gasteiger partial charge in [0.15, 0.2) is 0 Å². The predicted molar refractivity (Wildman–Crippen MR) is 81.6 cm³/mol. The van der Waals surface area contributed by atoms with Crippen LogP contribution in [0.3, 0.4) is 0 Å². The smallest absolute Gasteiger partial charge is 0.220 e. The molecule has 1 rings (SSSR count). The fourth-order valence-electron chi connectivity index (χ4n) is 2.20. The molecule has 0 aromatic heterocycles. The van der Waals surface area contributed by atoms with Crippen LogP contribution in [-0.2, 0) is 15.0 Å². The van der Waals surface area contributed by atoms with Crippen LogP contribution >= 0.6 is 0 Å². The minimum Gasteiger partial charge on any atom is -0.329 e. The van der Waals surface area contributed by atoms with E-state index < -0.39 is 0 Å². The summed E-state index contributed by atoms with van der Waals surface area (Å²) in [5, 5.41) is 0. The number of amides is 1. The quantitative estimate of drug-likeness (QED) is 0.843. The van der Waals surface area contributed by atoms with Crippen molar-refractivity contribution in [3.63, 3.8) is 0 Å². The molecule has 0 heterocycles. The molecule has 1 aromatic carbocycles. The highest BCUT2D eigenvalue weighted by Crippen LogP contribution is 2.26. The van der Waals surface area contributed by atoms with Crippen LogP contribution in [-0.4, -0.2) is 23.1 Å². The Labute approximate surface area is 122 Å². The first-order chi connectivity index (χ1) is 9.12. The monoisotopic (exact) mass is 275 g/mol. The molecule has 0 aliphatic carbocycles. The van der Waals surface area contributed by atoms with Gasteiger partial charge in [0.05, 0.1) is 12.6 Å². The van der Waals surface area contributed by atoms with Gasteiger partial charge in [-0.2, -0.15) is 0 Å². The van der Waals surface area contributed by atoms with Crippen molar-refractivity contribution < 1.29 is 9.59 Å². The van der Waals surface area contributed by atoms with E-state index in [-0.39, 0.29) is 29.7 Å². The van der Waals surface area contributed by atoms with Crippen LogP contribution in [0.25, 0.3) is 0 Å². The number of Topliss-reactive ketones (excluding diaryl/α,β-unsaturated/α-hetero) is 1. The van der Waals surface area contributed by atoms with E-state index in [1.807, 2.05) is 19.1 Å². The number of carbonyl (C=O) groups excluding carboxylic acids is 2. The van der Waals surface area contributed by atoms with E-state index in [9.17, 15) is 9.59 Å². The molecular weight excluding hydrogens is 250 g/mol. The molecule has 0 bridgehead atoms. The highest BCUT2D eigenvalue weighted by atomic mass is 16.2. The Morgan fingerprint density at radius 2 is 1.60 bits per heavy atom. The van der Waals surface area contributed by atoms with Gasteiger partial charge in [-0.3, -0.25) is 9.59 Å². The zero-order valence-electron chi connectivity index (χ0n) is 13.4. The maximum absolute atomic E-state index is 11.7. The summed E-state index contributed by atoms with van der Waals surface area (Å²) in [6.45, 7) is 11.6. The summed E-state index contributed by atoms with van der Waals surface area (Å²) in [5.41, 5.74) is 2.42. The number of benzene rings is 1. The van der Waals surface area contributed by atoms with Crippen molar-refractivity contribution in [3.05, 3.63) is 35.4 Å². The Morgan fingerprint density at radius 1 is 1.10 bits per heavy atom. The Kier molecular flexibility index (Phi) is 5.09. The second kappa shape index (κ2) is 6.21. The zero-order chi connectivity index (χ0) is 15.5. The van der Waals surface area contributed by atoms with Crippen molar-refractivity contribution in [1.29, 1.82) is 0 Å². The lowest BCUT2D eigenvalue weighted by molar-refractivity contribution is -0.135. The molecule has 1 amide bonds. The summed E-state index contributed by atoms with van der Waals surface area (Å²) in [6, 6.07) is 8.18. The Hall–Kier alpha value is -1.64. The summed E-state index contributed by atoms with van der Waals surface area (Å²) in [7, 11) is 0. The SMILES string of the molecule is CC(=O)CN(C(C)=O)C(C)c1ccc(C(C)(C)C)cc1. The van der Waals surface area contributed by atoms with Crippen molar-refractivity contribution >= 4 is 11.7 Å². The lowest BCUT2D eigenvalue weighted by Gasteiger charge is -2.28. The van der Waals surface area contributed by atoms with Gasteiger partial charge in [0.2, 0.25) is 5.91 Å². The maximum atomic E-state index is 11.7. The first-order valence-corrected chi connectivity index (χ1v) is 7.00. The Morgan fingerprint density at radius 3 is 1.95 bits per heavy atom. The van der Waals surface area contributed by atoms with Crippen molar-refractivity contribution in [2.45, 2.75) is 53.0 Å². The molecule has 0 spiro atoms. The summed E-state index contributed by atoms with van der Waals surface area (Å²) >= 11 is 0. The fraction of sp³-hybridized carbons (Fsp3) is 0.529. The first-order valence-electron chi connectivity index (χ1n) is 7.00. The highest BCUT2D eigenvalue weighted by molar-refractivity contribution is 5.83. The lowest BCUT2D eigenvalue weighted by Crippen LogP contribution is -2.35. The van der Waals surface area contributed by atoms with E-state index in [1.54, 1.807) is 4.90 Å². The summed E-state index contributed by atoms with van der Waals surface area (Å²) in [4.78, 5) is 24.6. The molecule has 0 aliphatic heterocycles. The predicted octanol–water partition coefficient (Wildman–Crippen LogP) is 3.48. The van der Waals surface area contributed by atoms with Crippen LogP contribution in [0.5, 0.6) is 0 Å². The number of hydrogen-bond donors (Lipinski definition) is 0. The van der Waals surface area contributed by atoms with Gasteiger partial charge in [-0.25, -0.2) is 0 Å². The summed E-state index contributed by atoms with van der Waals surface area (Å²) < 4.78 is 0. The molecule has 0 aliphatic rings. The van der Waals surface area contributed by atoms with Gasteiger partial charge in [-0.05, 0) is 30.4 Å². The number of ketones is 1. The summed E-state index contributed by atoms with van der Waals surface area (Å²) in [6.07, 6.45) is 0. The van der Waals surface area contributed by atoms with Crippen LogP contribution in [0.1, 0.15) is 58.7 Å². The number of rotatable bonds is 4. The standard InChI is InChI=1S/C17H25NO2/c1-12(19)11-18(14(3)20)13(2)15-7-9-16(10-8-15)17(4,5)6/h7-10,13H,11H2,1-6H3. The van der Waals surface area contributed by atoms with Gasteiger partial charge in [-0.1, -0.05) is 45.0 Å². The molecule has 20 heavy (non-hydrogen) atoms. The van der Waals surface area contributed by atoms with Crippen molar-refractivity contribution in [3.8, 4) is 0 Å². The lowest BCUT2D eigenvalue weighted by atomic mass is 9.86. The van der Waals surface area contributed by atoms with E-state index in [0.717, 1.165) is 5.56 Å². The fourth-order valence-corrected chi connectivity index (χ4v) is 2.20. The Bertz CT molecular complexity index is 483. The first kappa shape index (κ1) is 16.4. The molecule has 0 fully saturated rings. The summed E-state index contributed by atoms with van der Waals surface area (Å²) in [5.74, 6) is -0.0778. The topological polar surface area (TPSA) is 37.4 Å². The largest absolute Gasteiger partial charge is 0.329 e. The van der Waals surface area contributed by atoms with Gasteiger partial charge in [0.25, 0.3) is 0 Å². The third kappa shape index (κ3) is 4.19. The molecule has 0 saturated carbocycles. The molecule has 1 unspecified atom stereocenters. The molecule has 0 saturated heterocycles. The van der Waals surface area contributed by atoms with Crippen molar-refractivity contribution in [2.24, 2.45) is 0 Å². The third-order valence-corrected chi connectivity index (χ3v) is 3.52.